The van der Waals surface area contributed by atoms with Crippen molar-refractivity contribution in [3.05, 3.63) is 41.9 Å². The summed E-state index contributed by atoms with van der Waals surface area (Å²) >= 11 is 0. The predicted molar refractivity (Wildman–Crippen MR) is 122 cm³/mol. The van der Waals surface area contributed by atoms with Crippen molar-refractivity contribution < 1.29 is 19.4 Å². The van der Waals surface area contributed by atoms with Crippen LogP contribution in [0.15, 0.2) is 36.1 Å². The molecule has 7 nitrogen and oxygen atoms in total. The molecule has 2 heterocycles. The summed E-state index contributed by atoms with van der Waals surface area (Å²) in [6.07, 6.45) is 9.19. The Morgan fingerprint density at radius 3 is 2.84 bits per heavy atom. The molecule has 7 heteroatoms. The number of aliphatic hydroxyl groups excluding tert-OH is 1. The van der Waals surface area contributed by atoms with Crippen molar-refractivity contribution in [3.8, 4) is 0 Å². The number of hydrogen-bond donors (Lipinski definition) is 3. The monoisotopic (exact) mass is 441 g/mol. The van der Waals surface area contributed by atoms with Crippen LogP contribution < -0.4 is 5.32 Å². The van der Waals surface area contributed by atoms with E-state index >= 15 is 0 Å². The minimum Gasteiger partial charge on any atom is -0.459 e. The van der Waals surface area contributed by atoms with Crippen LogP contribution in [0, 0.1) is 17.8 Å². The Morgan fingerprint density at radius 2 is 2.09 bits per heavy atom. The Kier molecular flexibility index (Phi) is 7.81. The number of nitrogens with one attached hydrogen (secondary N) is 2. The smallest absolute Gasteiger partial charge is 0.286 e. The average Bonchev–Trinajstić information content (AvgIpc) is 3.25. The van der Waals surface area contributed by atoms with Gasteiger partial charge in [-0.05, 0) is 62.7 Å². The number of H-pyrrole nitrogens is 1. The quantitative estimate of drug-likeness (QED) is 0.546. The lowest BCUT2D eigenvalue weighted by atomic mass is 9.71. The van der Waals surface area contributed by atoms with E-state index < -0.39 is 6.29 Å². The van der Waals surface area contributed by atoms with Gasteiger partial charge in [-0.15, -0.1) is 0 Å². The first kappa shape index (κ1) is 22.8. The molecule has 3 N–H and O–H groups in total. The summed E-state index contributed by atoms with van der Waals surface area (Å²) in [5.74, 6) is 1.71. The summed E-state index contributed by atoms with van der Waals surface area (Å²) in [4.78, 5) is 20.8. The van der Waals surface area contributed by atoms with Gasteiger partial charge < -0.3 is 24.9 Å². The van der Waals surface area contributed by atoms with Gasteiger partial charge in [0.05, 0.1) is 17.6 Å². The Morgan fingerprint density at radius 1 is 1.28 bits per heavy atom. The van der Waals surface area contributed by atoms with Crippen molar-refractivity contribution >= 4 is 16.9 Å². The van der Waals surface area contributed by atoms with Crippen LogP contribution in [0.5, 0.6) is 0 Å². The number of allylic oxidation sites excluding steroid dienone is 1. The number of imidazole rings is 1. The van der Waals surface area contributed by atoms with Crippen LogP contribution in [-0.2, 0) is 20.8 Å². The van der Waals surface area contributed by atoms with Crippen molar-refractivity contribution in [2.24, 2.45) is 17.8 Å². The fourth-order valence-corrected chi connectivity index (χ4v) is 5.18. The zero-order chi connectivity index (χ0) is 22.3. The van der Waals surface area contributed by atoms with Crippen molar-refractivity contribution in [3.63, 3.8) is 0 Å². The molecule has 1 aliphatic carbocycles. The lowest BCUT2D eigenvalue weighted by Crippen LogP contribution is -2.42. The van der Waals surface area contributed by atoms with Gasteiger partial charge in [0.1, 0.15) is 5.82 Å². The number of para-hydroxylation sites is 2. The topological polar surface area (TPSA) is 96.5 Å². The molecule has 0 bridgehead atoms. The van der Waals surface area contributed by atoms with Gasteiger partial charge in [0.15, 0.2) is 5.76 Å². The summed E-state index contributed by atoms with van der Waals surface area (Å²) in [6.45, 7) is 2.92. The lowest BCUT2D eigenvalue weighted by molar-refractivity contribution is -0.177. The van der Waals surface area contributed by atoms with Crippen molar-refractivity contribution in [2.75, 3.05) is 13.2 Å². The Balaban J connectivity index is 1.50. The first-order valence-corrected chi connectivity index (χ1v) is 12.0. The number of aromatic amines is 1. The lowest BCUT2D eigenvalue weighted by Gasteiger charge is -2.41. The molecule has 0 unspecified atom stereocenters. The summed E-state index contributed by atoms with van der Waals surface area (Å²) < 4.78 is 12.0. The number of nitrogens with zero attached hydrogens (tertiary/aromatic N) is 1. The maximum Gasteiger partial charge on any atom is 0.286 e. The van der Waals surface area contributed by atoms with Crippen molar-refractivity contribution in [1.29, 1.82) is 0 Å². The molecule has 4 rings (SSSR count). The third-order valence-electron chi connectivity index (χ3n) is 6.73. The van der Waals surface area contributed by atoms with Gasteiger partial charge in [-0.1, -0.05) is 31.4 Å². The Bertz CT molecular complexity index is 886. The standard InChI is InChI=1S/C25H35N3O4/c1-2-31-25-18(11-8-14-29)19(17-9-4-3-5-10-17)15-22(32-25)24(30)26-16-23-27-20-12-6-7-13-21(20)28-23/h6-7,12-13,15,17-19,25,29H,2-5,8-11,14,16H2,1H3,(H,26,30)(H,27,28)/t18-,19+,25+/m1/s1. The first-order valence-electron chi connectivity index (χ1n) is 12.0. The number of amides is 1. The number of ether oxygens (including phenoxy) is 2. The highest BCUT2D eigenvalue weighted by molar-refractivity contribution is 5.91. The average molecular weight is 442 g/mol. The second kappa shape index (κ2) is 11.0. The molecule has 0 spiro atoms. The van der Waals surface area contributed by atoms with Crippen LogP contribution in [0.1, 0.15) is 57.7 Å². The van der Waals surface area contributed by atoms with Gasteiger partial charge in [0.2, 0.25) is 6.29 Å². The Labute approximate surface area is 189 Å². The summed E-state index contributed by atoms with van der Waals surface area (Å²) in [6, 6.07) is 7.81. The maximum absolute atomic E-state index is 13.0. The predicted octanol–water partition coefficient (Wildman–Crippen LogP) is 4.04. The highest BCUT2D eigenvalue weighted by Crippen LogP contribution is 2.42. The fourth-order valence-electron chi connectivity index (χ4n) is 5.18. The molecule has 1 fully saturated rings. The van der Waals surface area contributed by atoms with E-state index in [9.17, 15) is 9.90 Å². The van der Waals surface area contributed by atoms with Crippen LogP contribution >= 0.6 is 0 Å². The number of carbonyl (C=O) groups is 1. The van der Waals surface area contributed by atoms with Crippen LogP contribution in [0.3, 0.4) is 0 Å². The molecule has 0 radical (unpaired) electrons. The molecular formula is C25H35N3O4. The highest BCUT2D eigenvalue weighted by Gasteiger charge is 2.40. The van der Waals surface area contributed by atoms with Gasteiger partial charge in [0, 0.05) is 19.1 Å². The molecule has 32 heavy (non-hydrogen) atoms. The van der Waals surface area contributed by atoms with E-state index in [1.54, 1.807) is 0 Å². The zero-order valence-corrected chi connectivity index (χ0v) is 18.9. The van der Waals surface area contributed by atoms with E-state index in [1.165, 1.54) is 32.1 Å². The first-order chi connectivity index (χ1) is 15.7. The minimum absolute atomic E-state index is 0.150. The van der Waals surface area contributed by atoms with Crippen LogP contribution in [-0.4, -0.2) is 40.5 Å². The number of aromatic nitrogens is 2. The maximum atomic E-state index is 13.0. The SMILES string of the molecule is CCO[C@H]1OC(C(=O)NCc2nc3ccccc3[nH]2)=C[C@@H](C2CCCCC2)[C@H]1CCCO. The second-order valence-corrected chi connectivity index (χ2v) is 8.86. The molecule has 174 valence electrons. The van der Waals surface area contributed by atoms with Crippen LogP contribution in [0.2, 0.25) is 0 Å². The molecular weight excluding hydrogens is 406 g/mol. The number of benzene rings is 1. The van der Waals surface area contributed by atoms with Gasteiger partial charge in [-0.2, -0.15) is 0 Å². The van der Waals surface area contributed by atoms with Crippen molar-refractivity contribution in [1.82, 2.24) is 15.3 Å². The molecule has 1 aliphatic heterocycles. The second-order valence-electron chi connectivity index (χ2n) is 8.86. The summed E-state index contributed by atoms with van der Waals surface area (Å²) in [5, 5.41) is 12.4. The summed E-state index contributed by atoms with van der Waals surface area (Å²) in [7, 11) is 0. The molecule has 1 aromatic carbocycles. The third kappa shape index (κ3) is 5.33. The molecule has 3 atom stereocenters. The van der Waals surface area contributed by atoms with E-state index in [0.29, 0.717) is 37.1 Å². The molecule has 2 aromatic rings. The molecule has 1 amide bonds. The molecule has 1 saturated carbocycles. The summed E-state index contributed by atoms with van der Waals surface area (Å²) in [5.41, 5.74) is 1.83. The van der Waals surface area contributed by atoms with Crippen molar-refractivity contribution in [2.45, 2.75) is 64.7 Å². The van der Waals surface area contributed by atoms with Gasteiger partial charge in [0.25, 0.3) is 5.91 Å². The van der Waals surface area contributed by atoms with Crippen LogP contribution in [0.4, 0.5) is 0 Å². The molecule has 2 aliphatic rings. The number of hydrogen-bond acceptors (Lipinski definition) is 5. The van der Waals surface area contributed by atoms with E-state index in [2.05, 4.69) is 15.3 Å². The van der Waals surface area contributed by atoms with E-state index in [-0.39, 0.29) is 24.3 Å². The van der Waals surface area contributed by atoms with Gasteiger partial charge >= 0.3 is 0 Å². The molecule has 0 saturated heterocycles. The number of fused-ring (bicyclic) bond motifs is 1. The molecule has 1 aromatic heterocycles. The third-order valence-corrected chi connectivity index (χ3v) is 6.73. The highest BCUT2D eigenvalue weighted by atomic mass is 16.7. The van der Waals surface area contributed by atoms with E-state index in [1.807, 2.05) is 37.3 Å². The van der Waals surface area contributed by atoms with E-state index in [4.69, 9.17) is 9.47 Å². The van der Waals surface area contributed by atoms with Gasteiger partial charge in [-0.25, -0.2) is 4.98 Å². The van der Waals surface area contributed by atoms with Gasteiger partial charge in [-0.3, -0.25) is 4.79 Å². The normalized spacial score (nSPS) is 24.2. The fraction of sp³-hybridized carbons (Fsp3) is 0.600. The number of rotatable bonds is 9. The minimum atomic E-state index is -0.463. The van der Waals surface area contributed by atoms with Crippen LogP contribution in [0.25, 0.3) is 11.0 Å². The Hall–Kier alpha value is -2.38. The largest absolute Gasteiger partial charge is 0.459 e. The zero-order valence-electron chi connectivity index (χ0n) is 18.9. The number of carbonyl (C=O) groups excluding carboxylic acids is 1. The van der Waals surface area contributed by atoms with E-state index in [0.717, 1.165) is 17.5 Å². The number of aliphatic hydroxyl groups is 1.